The van der Waals surface area contributed by atoms with Gasteiger partial charge in [-0.05, 0) is 37.1 Å². The summed E-state index contributed by atoms with van der Waals surface area (Å²) in [6, 6.07) is 3.88. The van der Waals surface area contributed by atoms with Gasteiger partial charge in [-0.25, -0.2) is 9.97 Å². The van der Waals surface area contributed by atoms with E-state index in [9.17, 15) is 9.59 Å². The van der Waals surface area contributed by atoms with Gasteiger partial charge in [-0.3, -0.25) is 14.7 Å². The van der Waals surface area contributed by atoms with E-state index in [1.54, 1.807) is 6.20 Å². The molecule has 0 aliphatic carbocycles. The zero-order chi connectivity index (χ0) is 25.6. The third-order valence-corrected chi connectivity index (χ3v) is 7.81. The van der Waals surface area contributed by atoms with Crippen molar-refractivity contribution < 1.29 is 9.59 Å². The molecule has 0 fully saturated rings. The number of aromatic nitrogens is 6. The van der Waals surface area contributed by atoms with Gasteiger partial charge in [0, 0.05) is 10.8 Å². The second-order valence-corrected chi connectivity index (χ2v) is 10.4. The summed E-state index contributed by atoms with van der Waals surface area (Å²) in [7, 11) is 0. The van der Waals surface area contributed by atoms with Crippen LogP contribution in [-0.4, -0.2) is 53.5 Å². The molecule has 36 heavy (non-hydrogen) atoms. The molecule has 6 aromatic rings. The Bertz CT molecular complexity index is 1790. The van der Waals surface area contributed by atoms with Crippen molar-refractivity contribution in [3.63, 3.8) is 0 Å². The smallest absolute Gasteiger partial charge is 0.262 e. The molecular weight excluding hydrogens is 543 g/mol. The number of thiazole rings is 2. The summed E-state index contributed by atoms with van der Waals surface area (Å²) in [6.07, 6.45) is 3.42. The van der Waals surface area contributed by atoms with Crippen LogP contribution in [0.25, 0.3) is 42.2 Å². The van der Waals surface area contributed by atoms with E-state index in [4.69, 9.17) is 28.9 Å². The zero-order valence-corrected chi connectivity index (χ0v) is 22.1. The average molecular weight is 561 g/mol. The number of H-pyrrole nitrogens is 1. The number of nitrogens with two attached hydrogens (primary N) is 1. The number of carbonyl (C=O) groups excluding carboxylic acids is 2. The topological polar surface area (TPSA) is 144 Å². The molecule has 0 radical (unpaired) electrons. The first kappa shape index (κ1) is 24.4. The van der Waals surface area contributed by atoms with E-state index in [0.717, 1.165) is 47.8 Å². The van der Waals surface area contributed by atoms with Crippen LogP contribution in [0.3, 0.4) is 0 Å². The Morgan fingerprint density at radius 2 is 1.75 bits per heavy atom. The fourth-order valence-electron chi connectivity index (χ4n) is 3.84. The van der Waals surface area contributed by atoms with Crippen LogP contribution in [0.1, 0.15) is 15.9 Å². The minimum atomic E-state index is -0.317. The molecule has 6 rings (SSSR count). The maximum Gasteiger partial charge on any atom is 0.262 e. The Morgan fingerprint density at radius 3 is 2.50 bits per heavy atom. The van der Waals surface area contributed by atoms with E-state index >= 15 is 0 Å². The number of fused-ring (bicyclic) bond motifs is 6. The molecule has 0 saturated carbocycles. The third-order valence-electron chi connectivity index (χ3n) is 5.41. The van der Waals surface area contributed by atoms with E-state index < -0.39 is 0 Å². The predicted molar refractivity (Wildman–Crippen MR) is 147 cm³/mol. The molecule has 14 heteroatoms. The van der Waals surface area contributed by atoms with Gasteiger partial charge in [0.05, 0.1) is 43.9 Å². The maximum absolute atomic E-state index is 11.8. The van der Waals surface area contributed by atoms with Crippen molar-refractivity contribution in [2.75, 3.05) is 22.8 Å². The van der Waals surface area contributed by atoms with E-state index in [1.165, 1.54) is 27.4 Å². The summed E-state index contributed by atoms with van der Waals surface area (Å²) < 4.78 is 3.26. The number of alkyl halides is 2. The molecular formula is C22H18Cl2N8O2S2. The summed E-state index contributed by atoms with van der Waals surface area (Å²) in [5.41, 5.74) is 11.2. The number of anilines is 2. The van der Waals surface area contributed by atoms with Crippen LogP contribution in [0.15, 0.2) is 24.5 Å². The summed E-state index contributed by atoms with van der Waals surface area (Å²) in [6.45, 7) is 3.92. The standard InChI is InChI=1S/C13H10Cl2N4O2S.C9H8N4S/c1-6-2-8-7(5-16-19(8)10(21)4-15)12-11(6)18-13(22-12)17-9(20)3-14;1-4-2-6-5(3-11-13-6)8-7(4)12-9(10)14-8/h2,5H,3-4H2,1H3,(H,17,18,20);2-3H,1H3,(H2,10,12)(H,11,13). The fraction of sp³-hybridized carbons (Fsp3) is 0.182. The van der Waals surface area contributed by atoms with Crippen LogP contribution in [0.5, 0.6) is 0 Å². The summed E-state index contributed by atoms with van der Waals surface area (Å²) >= 11 is 13.9. The molecule has 2 aromatic carbocycles. The number of rotatable bonds is 3. The van der Waals surface area contributed by atoms with Crippen molar-refractivity contribution >= 4 is 110 Å². The quantitative estimate of drug-likeness (QED) is 0.256. The second kappa shape index (κ2) is 9.62. The Balaban J connectivity index is 0.000000163. The van der Waals surface area contributed by atoms with Crippen LogP contribution in [0, 0.1) is 13.8 Å². The molecule has 0 saturated heterocycles. The van der Waals surface area contributed by atoms with Crippen molar-refractivity contribution in [1.82, 2.24) is 29.9 Å². The van der Waals surface area contributed by atoms with Crippen molar-refractivity contribution in [3.8, 4) is 0 Å². The summed E-state index contributed by atoms with van der Waals surface area (Å²) in [5.74, 6) is -0.890. The molecule has 4 heterocycles. The van der Waals surface area contributed by atoms with Crippen LogP contribution >= 0.6 is 45.9 Å². The number of hydrogen-bond donors (Lipinski definition) is 3. The minimum absolute atomic E-state index is 0.132. The molecule has 4 aromatic heterocycles. The van der Waals surface area contributed by atoms with Crippen molar-refractivity contribution in [1.29, 1.82) is 0 Å². The highest BCUT2D eigenvalue weighted by Crippen LogP contribution is 2.35. The van der Waals surface area contributed by atoms with Crippen molar-refractivity contribution in [3.05, 3.63) is 35.7 Å². The highest BCUT2D eigenvalue weighted by Gasteiger charge is 2.17. The largest absolute Gasteiger partial charge is 0.375 e. The van der Waals surface area contributed by atoms with Crippen LogP contribution in [0.4, 0.5) is 10.3 Å². The van der Waals surface area contributed by atoms with Gasteiger partial charge in [-0.2, -0.15) is 14.9 Å². The Kier molecular flexibility index (Phi) is 6.51. The van der Waals surface area contributed by atoms with E-state index in [0.29, 0.717) is 15.8 Å². The number of nitrogens with zero attached hydrogens (tertiary/aromatic N) is 5. The SMILES string of the molecule is Cc1cc2[nH]ncc2c2sc(N)nc12.Cc1cc2c(cnn2C(=O)CCl)c2sc(NC(=O)CCl)nc12. The lowest BCUT2D eigenvalue weighted by atomic mass is 10.1. The normalized spacial score (nSPS) is 11.3. The summed E-state index contributed by atoms with van der Waals surface area (Å²) in [4.78, 5) is 31.9. The molecule has 0 aliphatic heterocycles. The predicted octanol–water partition coefficient (Wildman–Crippen LogP) is 5.07. The van der Waals surface area contributed by atoms with Gasteiger partial charge < -0.3 is 11.1 Å². The molecule has 0 atom stereocenters. The zero-order valence-electron chi connectivity index (χ0n) is 18.9. The maximum atomic E-state index is 11.8. The molecule has 0 bridgehead atoms. The van der Waals surface area contributed by atoms with Crippen LogP contribution in [0.2, 0.25) is 0 Å². The number of hydrogen-bond acceptors (Lipinski definition) is 9. The molecule has 10 nitrogen and oxygen atoms in total. The highest BCUT2D eigenvalue weighted by atomic mass is 35.5. The minimum Gasteiger partial charge on any atom is -0.375 e. The number of benzene rings is 2. The van der Waals surface area contributed by atoms with Gasteiger partial charge in [-0.1, -0.05) is 22.7 Å². The molecule has 0 aliphatic rings. The number of aryl methyl sites for hydroxylation is 2. The lowest BCUT2D eigenvalue weighted by Crippen LogP contribution is -2.13. The van der Waals surface area contributed by atoms with Gasteiger partial charge in [0.15, 0.2) is 10.3 Å². The Morgan fingerprint density at radius 1 is 1.03 bits per heavy atom. The van der Waals surface area contributed by atoms with E-state index in [-0.39, 0.29) is 23.6 Å². The first-order valence-corrected chi connectivity index (χ1v) is 13.2. The van der Waals surface area contributed by atoms with Gasteiger partial charge in [-0.15, -0.1) is 23.2 Å². The van der Waals surface area contributed by atoms with Crippen LogP contribution in [-0.2, 0) is 4.79 Å². The van der Waals surface area contributed by atoms with Crippen LogP contribution < -0.4 is 11.1 Å². The number of aromatic amines is 1. The number of amides is 1. The number of nitrogens with one attached hydrogen (secondary N) is 2. The second-order valence-electron chi connectivity index (χ2n) is 7.84. The molecule has 184 valence electrons. The fourth-order valence-corrected chi connectivity index (χ4v) is 6.00. The lowest BCUT2D eigenvalue weighted by molar-refractivity contribution is -0.113. The average Bonchev–Trinajstić information content (AvgIpc) is 3.63. The van der Waals surface area contributed by atoms with E-state index in [2.05, 4.69) is 30.6 Å². The third kappa shape index (κ3) is 4.26. The molecule has 0 spiro atoms. The van der Waals surface area contributed by atoms with Gasteiger partial charge in [0.2, 0.25) is 5.91 Å². The van der Waals surface area contributed by atoms with E-state index in [1.807, 2.05) is 32.2 Å². The monoisotopic (exact) mass is 560 g/mol. The van der Waals surface area contributed by atoms with Crippen molar-refractivity contribution in [2.45, 2.75) is 13.8 Å². The highest BCUT2D eigenvalue weighted by molar-refractivity contribution is 7.23. The summed E-state index contributed by atoms with van der Waals surface area (Å²) in [5, 5.41) is 16.7. The Labute approximate surface area is 221 Å². The van der Waals surface area contributed by atoms with Gasteiger partial charge in [0.25, 0.3) is 5.91 Å². The van der Waals surface area contributed by atoms with Gasteiger partial charge >= 0.3 is 0 Å². The van der Waals surface area contributed by atoms with Crippen molar-refractivity contribution in [2.24, 2.45) is 0 Å². The number of halogens is 2. The first-order chi connectivity index (χ1) is 17.3. The first-order valence-electron chi connectivity index (χ1n) is 10.5. The Hall–Kier alpha value is -3.32. The number of nitrogen functional groups attached to an aromatic ring is 1. The number of carbonyl (C=O) groups is 2. The van der Waals surface area contributed by atoms with Gasteiger partial charge in [0.1, 0.15) is 11.8 Å². The molecule has 0 unspecified atom stereocenters. The molecule has 1 amide bonds. The lowest BCUT2D eigenvalue weighted by Gasteiger charge is -2.00. The molecule has 4 N–H and O–H groups in total.